The smallest absolute Gasteiger partial charge is 0.203 e. The van der Waals surface area contributed by atoms with Crippen LogP contribution < -0.4 is 19.5 Å². The minimum Gasteiger partial charge on any atom is -0.493 e. The summed E-state index contributed by atoms with van der Waals surface area (Å²) in [5.41, 5.74) is 1.81. The fourth-order valence-corrected chi connectivity index (χ4v) is 2.48. The Labute approximate surface area is 136 Å². The predicted molar refractivity (Wildman–Crippen MR) is 86.7 cm³/mol. The van der Waals surface area contributed by atoms with Gasteiger partial charge in [0.05, 0.1) is 27.9 Å². The van der Waals surface area contributed by atoms with E-state index < -0.39 is 0 Å². The number of quaternary nitrogens is 1. The molecule has 0 aliphatic rings. The summed E-state index contributed by atoms with van der Waals surface area (Å²) in [4.78, 5) is 0. The Morgan fingerprint density at radius 1 is 0.957 bits per heavy atom. The van der Waals surface area contributed by atoms with Gasteiger partial charge in [0, 0.05) is 12.0 Å². The summed E-state index contributed by atoms with van der Waals surface area (Å²) < 4.78 is 29.6. The maximum Gasteiger partial charge on any atom is 0.203 e. The zero-order valence-electron chi connectivity index (χ0n) is 13.8. The second kappa shape index (κ2) is 8.39. The third-order valence-electron chi connectivity index (χ3n) is 3.68. The molecule has 0 saturated carbocycles. The van der Waals surface area contributed by atoms with Gasteiger partial charge in [0.25, 0.3) is 0 Å². The van der Waals surface area contributed by atoms with Crippen molar-refractivity contribution in [3.05, 3.63) is 53.3 Å². The average molecular weight is 320 g/mol. The van der Waals surface area contributed by atoms with E-state index in [1.807, 2.05) is 24.3 Å². The molecule has 23 heavy (non-hydrogen) atoms. The highest BCUT2D eigenvalue weighted by atomic mass is 19.1. The Balaban J connectivity index is 1.96. The minimum absolute atomic E-state index is 0.145. The van der Waals surface area contributed by atoms with Gasteiger partial charge in [0.15, 0.2) is 11.5 Å². The molecule has 0 unspecified atom stereocenters. The van der Waals surface area contributed by atoms with Gasteiger partial charge in [-0.15, -0.1) is 0 Å². The van der Waals surface area contributed by atoms with E-state index in [4.69, 9.17) is 14.2 Å². The van der Waals surface area contributed by atoms with Crippen molar-refractivity contribution < 1.29 is 23.9 Å². The van der Waals surface area contributed by atoms with Crippen LogP contribution in [-0.2, 0) is 13.0 Å². The molecule has 0 radical (unpaired) electrons. The van der Waals surface area contributed by atoms with Crippen molar-refractivity contribution in [2.75, 3.05) is 27.9 Å². The molecule has 0 aliphatic carbocycles. The minimum atomic E-state index is -0.145. The van der Waals surface area contributed by atoms with Crippen LogP contribution >= 0.6 is 0 Å². The predicted octanol–water partition coefficient (Wildman–Crippen LogP) is 2.16. The Morgan fingerprint density at radius 3 is 2.17 bits per heavy atom. The molecule has 2 N–H and O–H groups in total. The molecule has 0 aromatic heterocycles. The fraction of sp³-hybridized carbons (Fsp3) is 0.333. The van der Waals surface area contributed by atoms with Gasteiger partial charge in [0.2, 0.25) is 5.75 Å². The van der Waals surface area contributed by atoms with Crippen LogP contribution in [0.25, 0.3) is 0 Å². The summed E-state index contributed by atoms with van der Waals surface area (Å²) in [5.74, 6) is 1.73. The highest BCUT2D eigenvalue weighted by Crippen LogP contribution is 2.37. The molecule has 0 aliphatic heterocycles. The van der Waals surface area contributed by atoms with Crippen molar-refractivity contribution in [1.29, 1.82) is 0 Å². The van der Waals surface area contributed by atoms with Gasteiger partial charge >= 0.3 is 0 Å². The van der Waals surface area contributed by atoms with Crippen LogP contribution in [-0.4, -0.2) is 27.9 Å². The zero-order valence-corrected chi connectivity index (χ0v) is 13.8. The molecule has 5 heteroatoms. The van der Waals surface area contributed by atoms with Gasteiger partial charge in [-0.05, 0) is 23.8 Å². The van der Waals surface area contributed by atoms with Crippen LogP contribution in [0.3, 0.4) is 0 Å². The summed E-state index contributed by atoms with van der Waals surface area (Å²) in [5, 5.41) is 2.13. The highest BCUT2D eigenvalue weighted by molar-refractivity contribution is 5.53. The van der Waals surface area contributed by atoms with E-state index in [1.54, 1.807) is 27.4 Å². The lowest BCUT2D eigenvalue weighted by Crippen LogP contribution is -2.83. The molecule has 4 nitrogen and oxygen atoms in total. The molecule has 0 amide bonds. The molecular formula is C18H23FNO3+. The number of nitrogens with two attached hydrogens (primary N) is 1. The third kappa shape index (κ3) is 4.36. The van der Waals surface area contributed by atoms with Crippen LogP contribution in [0.5, 0.6) is 17.2 Å². The van der Waals surface area contributed by atoms with E-state index in [0.29, 0.717) is 23.7 Å². The SMILES string of the molecule is COc1cc(C[NH2+]CCc2ccccc2F)cc(OC)c1OC. The maximum absolute atomic E-state index is 13.6. The molecule has 2 aromatic rings. The summed E-state index contributed by atoms with van der Waals surface area (Å²) in [6.45, 7) is 1.56. The topological polar surface area (TPSA) is 44.3 Å². The molecule has 0 bridgehead atoms. The normalized spacial score (nSPS) is 10.4. The fourth-order valence-electron chi connectivity index (χ4n) is 2.48. The molecule has 0 spiro atoms. The van der Waals surface area contributed by atoms with Gasteiger partial charge in [-0.3, -0.25) is 0 Å². The van der Waals surface area contributed by atoms with Crippen molar-refractivity contribution in [1.82, 2.24) is 0 Å². The Bertz CT molecular complexity index is 621. The summed E-state index contributed by atoms with van der Waals surface area (Å²) in [7, 11) is 4.78. The first-order valence-electron chi connectivity index (χ1n) is 7.53. The van der Waals surface area contributed by atoms with Crippen molar-refractivity contribution in [2.45, 2.75) is 13.0 Å². The van der Waals surface area contributed by atoms with Crippen molar-refractivity contribution in [3.63, 3.8) is 0 Å². The monoisotopic (exact) mass is 320 g/mol. The molecule has 0 atom stereocenters. The van der Waals surface area contributed by atoms with E-state index in [0.717, 1.165) is 24.2 Å². The van der Waals surface area contributed by atoms with Crippen LogP contribution in [0.1, 0.15) is 11.1 Å². The summed E-state index contributed by atoms with van der Waals surface area (Å²) in [6, 6.07) is 10.7. The maximum atomic E-state index is 13.6. The Hall–Kier alpha value is -2.27. The second-order valence-corrected chi connectivity index (χ2v) is 5.16. The number of rotatable bonds is 8. The number of hydrogen-bond donors (Lipinski definition) is 1. The first-order chi connectivity index (χ1) is 11.2. The van der Waals surface area contributed by atoms with E-state index in [-0.39, 0.29) is 5.82 Å². The third-order valence-corrected chi connectivity index (χ3v) is 3.68. The zero-order chi connectivity index (χ0) is 16.7. The first kappa shape index (κ1) is 17.1. The lowest BCUT2D eigenvalue weighted by atomic mass is 10.1. The first-order valence-corrected chi connectivity index (χ1v) is 7.53. The van der Waals surface area contributed by atoms with Crippen LogP contribution in [0.15, 0.2) is 36.4 Å². The molecule has 2 aromatic carbocycles. The lowest BCUT2D eigenvalue weighted by molar-refractivity contribution is -0.670. The summed E-state index contributed by atoms with van der Waals surface area (Å²) >= 11 is 0. The van der Waals surface area contributed by atoms with Crippen LogP contribution in [0.2, 0.25) is 0 Å². The van der Waals surface area contributed by atoms with Crippen molar-refractivity contribution >= 4 is 0 Å². The Kier molecular flexibility index (Phi) is 6.23. The number of halogens is 1. The number of methoxy groups -OCH3 is 3. The number of hydrogen-bond acceptors (Lipinski definition) is 3. The standard InChI is InChI=1S/C18H22FNO3/c1-21-16-10-13(11-17(22-2)18(16)23-3)12-20-9-8-14-6-4-5-7-15(14)19/h4-7,10-11,20H,8-9,12H2,1-3H3/p+1. The highest BCUT2D eigenvalue weighted by Gasteiger charge is 2.13. The molecule has 0 heterocycles. The van der Waals surface area contributed by atoms with Crippen molar-refractivity contribution in [3.8, 4) is 17.2 Å². The largest absolute Gasteiger partial charge is 0.493 e. The second-order valence-electron chi connectivity index (χ2n) is 5.16. The van der Waals surface area contributed by atoms with Crippen LogP contribution in [0, 0.1) is 5.82 Å². The van der Waals surface area contributed by atoms with Gasteiger partial charge in [-0.1, -0.05) is 18.2 Å². The van der Waals surface area contributed by atoms with Crippen molar-refractivity contribution in [2.24, 2.45) is 0 Å². The molecule has 2 rings (SSSR count). The number of benzene rings is 2. The molecule has 0 fully saturated rings. The van der Waals surface area contributed by atoms with E-state index >= 15 is 0 Å². The average Bonchev–Trinajstić information content (AvgIpc) is 2.59. The summed E-state index contributed by atoms with van der Waals surface area (Å²) in [6.07, 6.45) is 0.692. The van der Waals surface area contributed by atoms with Gasteiger partial charge in [-0.2, -0.15) is 0 Å². The van der Waals surface area contributed by atoms with Gasteiger partial charge < -0.3 is 19.5 Å². The lowest BCUT2D eigenvalue weighted by Gasteiger charge is -2.13. The van der Waals surface area contributed by atoms with E-state index in [2.05, 4.69) is 5.32 Å². The van der Waals surface area contributed by atoms with E-state index in [1.165, 1.54) is 6.07 Å². The molecule has 124 valence electrons. The quantitative estimate of drug-likeness (QED) is 0.758. The van der Waals surface area contributed by atoms with Gasteiger partial charge in [0.1, 0.15) is 12.4 Å². The van der Waals surface area contributed by atoms with E-state index in [9.17, 15) is 4.39 Å². The number of ether oxygens (including phenoxy) is 3. The van der Waals surface area contributed by atoms with Crippen LogP contribution in [0.4, 0.5) is 4.39 Å². The molecule has 0 saturated heterocycles. The Morgan fingerprint density at radius 2 is 1.61 bits per heavy atom. The van der Waals surface area contributed by atoms with Gasteiger partial charge in [-0.25, -0.2) is 4.39 Å². The molecular weight excluding hydrogens is 297 g/mol.